The first kappa shape index (κ1) is 12.2. The summed E-state index contributed by atoms with van der Waals surface area (Å²) in [6.07, 6.45) is 2.05. The lowest BCUT2D eigenvalue weighted by atomic mass is 10.4. The molecule has 1 heterocycles. The van der Waals surface area contributed by atoms with Crippen LogP contribution in [-0.2, 0) is 0 Å². The van der Waals surface area contributed by atoms with Crippen molar-refractivity contribution in [2.45, 2.75) is 6.42 Å². The van der Waals surface area contributed by atoms with Gasteiger partial charge in [-0.05, 0) is 18.9 Å². The van der Waals surface area contributed by atoms with Gasteiger partial charge in [-0.2, -0.15) is 0 Å². The van der Waals surface area contributed by atoms with Gasteiger partial charge < -0.3 is 21.2 Å². The Morgan fingerprint density at radius 1 is 1.56 bits per heavy atom. The zero-order valence-electron chi connectivity index (χ0n) is 8.82. The summed E-state index contributed by atoms with van der Waals surface area (Å²) in [5.41, 5.74) is 10.5. The summed E-state index contributed by atoms with van der Waals surface area (Å²) in [5, 5.41) is 2.64. The van der Waals surface area contributed by atoms with E-state index in [1.165, 1.54) is 6.20 Å². The lowest BCUT2D eigenvalue weighted by Crippen LogP contribution is -2.25. The Bertz CT molecular complexity index is 402. The van der Waals surface area contributed by atoms with Crippen LogP contribution in [0.25, 0.3) is 0 Å². The number of hydrogen-bond acceptors (Lipinski definition) is 5. The van der Waals surface area contributed by atoms with E-state index in [0.717, 1.165) is 6.42 Å². The van der Waals surface area contributed by atoms with Gasteiger partial charge in [0.1, 0.15) is 0 Å². The van der Waals surface area contributed by atoms with Crippen molar-refractivity contribution >= 4 is 5.91 Å². The average molecular weight is 222 g/mol. The molecule has 0 aliphatic carbocycles. The minimum absolute atomic E-state index is 0.137. The van der Waals surface area contributed by atoms with Crippen LogP contribution in [0.3, 0.4) is 0 Å². The van der Waals surface area contributed by atoms with Gasteiger partial charge in [0.25, 0.3) is 11.8 Å². The van der Waals surface area contributed by atoms with Crippen LogP contribution in [0.15, 0.2) is 10.6 Å². The number of nitrogens with two attached hydrogens (primary N) is 2. The molecule has 0 bridgehead atoms. The Morgan fingerprint density at radius 3 is 3.06 bits per heavy atom. The predicted molar refractivity (Wildman–Crippen MR) is 58.4 cm³/mol. The Labute approximate surface area is 93.4 Å². The van der Waals surface area contributed by atoms with Crippen LogP contribution in [0, 0.1) is 11.8 Å². The minimum Gasteiger partial charge on any atom is -0.425 e. The molecule has 1 amide bonds. The fourth-order valence-corrected chi connectivity index (χ4v) is 0.955. The number of oxazole rings is 1. The van der Waals surface area contributed by atoms with Crippen molar-refractivity contribution in [3.8, 4) is 11.8 Å². The van der Waals surface area contributed by atoms with Crippen molar-refractivity contribution in [2.24, 2.45) is 11.5 Å². The molecule has 1 rings (SSSR count). The Hall–Kier alpha value is -1.84. The molecule has 0 unspecified atom stereocenters. The number of amides is 1. The fraction of sp³-hybridized carbons (Fsp3) is 0.400. The van der Waals surface area contributed by atoms with Crippen LogP contribution in [-0.4, -0.2) is 30.5 Å². The van der Waals surface area contributed by atoms with E-state index < -0.39 is 0 Å². The lowest BCUT2D eigenvalue weighted by Gasteiger charge is -1.99. The van der Waals surface area contributed by atoms with Crippen LogP contribution in [0.2, 0.25) is 0 Å². The summed E-state index contributed by atoms with van der Waals surface area (Å²) in [7, 11) is 0. The van der Waals surface area contributed by atoms with Crippen LogP contribution >= 0.6 is 0 Å². The quantitative estimate of drug-likeness (QED) is 0.450. The van der Waals surface area contributed by atoms with Crippen molar-refractivity contribution in [1.29, 1.82) is 0 Å². The van der Waals surface area contributed by atoms with Crippen LogP contribution in [0.1, 0.15) is 22.9 Å². The first-order valence-corrected chi connectivity index (χ1v) is 4.91. The van der Waals surface area contributed by atoms with E-state index >= 15 is 0 Å². The molecule has 5 N–H and O–H groups in total. The molecule has 6 nitrogen and oxygen atoms in total. The van der Waals surface area contributed by atoms with Crippen LogP contribution < -0.4 is 16.8 Å². The van der Waals surface area contributed by atoms with Gasteiger partial charge in [-0.1, -0.05) is 5.92 Å². The average Bonchev–Trinajstić information content (AvgIpc) is 2.75. The number of carbonyl (C=O) groups excluding carboxylic acids is 1. The van der Waals surface area contributed by atoms with Gasteiger partial charge in [0.05, 0.1) is 12.7 Å². The normalized spacial score (nSPS) is 9.38. The number of nitrogens with one attached hydrogen (secondary N) is 1. The molecule has 0 radical (unpaired) electrons. The molecule has 0 spiro atoms. The summed E-state index contributed by atoms with van der Waals surface area (Å²) in [4.78, 5) is 15.3. The summed E-state index contributed by atoms with van der Waals surface area (Å²) in [5.74, 6) is 5.19. The number of nitrogens with zero attached hydrogens (tertiary/aromatic N) is 1. The molecule has 0 saturated carbocycles. The third-order valence-corrected chi connectivity index (χ3v) is 1.69. The van der Waals surface area contributed by atoms with Crippen LogP contribution in [0.4, 0.5) is 0 Å². The number of carbonyl (C=O) groups is 1. The van der Waals surface area contributed by atoms with E-state index in [9.17, 15) is 4.79 Å². The maximum Gasteiger partial charge on any atom is 0.288 e. The van der Waals surface area contributed by atoms with Crippen molar-refractivity contribution < 1.29 is 9.21 Å². The highest BCUT2D eigenvalue weighted by molar-refractivity contribution is 5.91. The second-order valence-electron chi connectivity index (χ2n) is 2.93. The van der Waals surface area contributed by atoms with Gasteiger partial charge in [-0.3, -0.25) is 4.79 Å². The molecule has 16 heavy (non-hydrogen) atoms. The Kier molecular flexibility index (Phi) is 5.05. The fourth-order valence-electron chi connectivity index (χ4n) is 0.955. The van der Waals surface area contributed by atoms with Gasteiger partial charge in [0, 0.05) is 6.54 Å². The highest BCUT2D eigenvalue weighted by atomic mass is 16.4. The highest BCUT2D eigenvalue weighted by Crippen LogP contribution is 2.01. The highest BCUT2D eigenvalue weighted by Gasteiger charge is 2.10. The molecule has 0 fully saturated rings. The third kappa shape index (κ3) is 3.73. The monoisotopic (exact) mass is 222 g/mol. The molecule has 0 aromatic carbocycles. The number of rotatable bonds is 4. The van der Waals surface area contributed by atoms with Crippen LogP contribution in [0.5, 0.6) is 0 Å². The van der Waals surface area contributed by atoms with Gasteiger partial charge >= 0.3 is 0 Å². The maximum atomic E-state index is 11.4. The SMILES string of the molecule is NCC#Cc1ncc(C(=O)NCCCN)o1. The van der Waals surface area contributed by atoms with Gasteiger partial charge in [0.2, 0.25) is 5.76 Å². The van der Waals surface area contributed by atoms with Gasteiger partial charge in [-0.15, -0.1) is 0 Å². The molecular weight excluding hydrogens is 208 g/mol. The molecule has 0 saturated heterocycles. The topological polar surface area (TPSA) is 107 Å². The zero-order chi connectivity index (χ0) is 11.8. The minimum atomic E-state index is -0.318. The molecule has 1 aromatic heterocycles. The molecule has 1 aromatic rings. The lowest BCUT2D eigenvalue weighted by molar-refractivity contribution is 0.0925. The molecule has 0 atom stereocenters. The molecular formula is C10H14N4O2. The third-order valence-electron chi connectivity index (χ3n) is 1.69. The van der Waals surface area contributed by atoms with E-state index in [-0.39, 0.29) is 24.1 Å². The Balaban J connectivity index is 2.53. The first-order chi connectivity index (χ1) is 7.77. The maximum absolute atomic E-state index is 11.4. The first-order valence-electron chi connectivity index (χ1n) is 4.91. The van der Waals surface area contributed by atoms with E-state index in [1.54, 1.807) is 0 Å². The predicted octanol–water partition coefficient (Wildman–Crippen LogP) is -0.937. The molecule has 0 aliphatic heterocycles. The second-order valence-corrected chi connectivity index (χ2v) is 2.93. The molecule has 6 heteroatoms. The molecule has 0 aliphatic rings. The summed E-state index contributed by atoms with van der Waals surface area (Å²) in [6.45, 7) is 1.27. The van der Waals surface area contributed by atoms with Crippen molar-refractivity contribution in [2.75, 3.05) is 19.6 Å². The zero-order valence-corrected chi connectivity index (χ0v) is 8.82. The Morgan fingerprint density at radius 2 is 2.38 bits per heavy atom. The standard InChI is InChI=1S/C10H14N4O2/c11-4-1-3-9-14-7-8(16-9)10(15)13-6-2-5-12/h7H,2,4-6,11-12H2,(H,13,15). The van der Waals surface area contributed by atoms with E-state index in [0.29, 0.717) is 13.1 Å². The second kappa shape index (κ2) is 6.61. The summed E-state index contributed by atoms with van der Waals surface area (Å²) < 4.78 is 5.09. The van der Waals surface area contributed by atoms with E-state index in [4.69, 9.17) is 15.9 Å². The largest absolute Gasteiger partial charge is 0.425 e. The van der Waals surface area contributed by atoms with Crippen molar-refractivity contribution in [3.05, 3.63) is 17.8 Å². The van der Waals surface area contributed by atoms with Crippen molar-refractivity contribution in [3.63, 3.8) is 0 Å². The molecule has 86 valence electrons. The van der Waals surface area contributed by atoms with E-state index in [1.807, 2.05) is 0 Å². The van der Waals surface area contributed by atoms with Gasteiger partial charge in [-0.25, -0.2) is 4.98 Å². The smallest absolute Gasteiger partial charge is 0.288 e. The number of aromatic nitrogens is 1. The summed E-state index contributed by atoms with van der Waals surface area (Å²) >= 11 is 0. The van der Waals surface area contributed by atoms with Crippen molar-refractivity contribution in [1.82, 2.24) is 10.3 Å². The van der Waals surface area contributed by atoms with E-state index in [2.05, 4.69) is 22.1 Å². The van der Waals surface area contributed by atoms with Gasteiger partial charge in [0.15, 0.2) is 0 Å². The number of hydrogen-bond donors (Lipinski definition) is 3. The summed E-state index contributed by atoms with van der Waals surface area (Å²) in [6, 6.07) is 0.